The molecule has 2 atom stereocenters. The molecule has 0 bridgehead atoms. The summed E-state index contributed by atoms with van der Waals surface area (Å²) >= 11 is 0. The maximum atomic E-state index is 13.8. The molecule has 0 spiro atoms. The Morgan fingerprint density at radius 1 is 0.800 bits per heavy atom. The van der Waals surface area contributed by atoms with E-state index in [4.69, 9.17) is 0 Å². The normalized spacial score (nSPS) is 13.8. The zero-order valence-electron chi connectivity index (χ0n) is 14.8. The van der Waals surface area contributed by atoms with Gasteiger partial charge < -0.3 is 4.90 Å². The Morgan fingerprint density at radius 2 is 1.32 bits per heavy atom. The second kappa shape index (κ2) is 9.92. The fraction of sp³-hybridized carbons (Fsp3) is 0.667. The molecule has 0 heterocycles. The van der Waals surface area contributed by atoms with Crippen LogP contribution >= 0.6 is 0 Å². The number of hydrogen-bond acceptors (Lipinski definition) is 1. The molecule has 0 amide bonds. The van der Waals surface area contributed by atoms with E-state index >= 15 is 0 Å². The molecular formula is C18H25F6N. The summed E-state index contributed by atoms with van der Waals surface area (Å²) in [5, 5.41) is 0. The summed E-state index contributed by atoms with van der Waals surface area (Å²) in [6.45, 7) is 4.47. The lowest BCUT2D eigenvalue weighted by atomic mass is 9.91. The van der Waals surface area contributed by atoms with Crippen LogP contribution in [0.25, 0.3) is 0 Å². The Bertz CT molecular complexity index is 534. The predicted molar refractivity (Wildman–Crippen MR) is 86.6 cm³/mol. The molecule has 0 radical (unpaired) electrons. The molecule has 0 N–H and O–H groups in total. The van der Waals surface area contributed by atoms with Crippen molar-refractivity contribution in [2.45, 2.75) is 52.9 Å². The van der Waals surface area contributed by atoms with Crippen molar-refractivity contribution in [3.63, 3.8) is 0 Å². The number of nitrogens with zero attached hydrogens (tertiary/aromatic N) is 1. The molecule has 1 rings (SSSR count). The molecule has 1 aromatic carbocycles. The third kappa shape index (κ3) is 5.28. The van der Waals surface area contributed by atoms with Gasteiger partial charge >= 0.3 is 0 Å². The van der Waals surface area contributed by atoms with Crippen molar-refractivity contribution in [3.05, 3.63) is 29.1 Å². The highest BCUT2D eigenvalue weighted by Crippen LogP contribution is 2.31. The summed E-state index contributed by atoms with van der Waals surface area (Å²) in [6, 6.07) is 0. The highest BCUT2D eigenvalue weighted by molar-refractivity contribution is 5.50. The van der Waals surface area contributed by atoms with E-state index in [0.29, 0.717) is 17.2 Å². The predicted octanol–water partition coefficient (Wildman–Crippen LogP) is 6.36. The zero-order valence-corrected chi connectivity index (χ0v) is 14.8. The molecule has 1 nitrogen and oxygen atoms in total. The van der Waals surface area contributed by atoms with Crippen molar-refractivity contribution in [2.75, 3.05) is 18.2 Å². The van der Waals surface area contributed by atoms with Crippen LogP contribution in [-0.4, -0.2) is 13.3 Å². The van der Waals surface area contributed by atoms with Gasteiger partial charge in [0.15, 0.2) is 30.1 Å². The Balaban J connectivity index is 2.90. The maximum Gasteiger partial charge on any atom is 0.200 e. The van der Waals surface area contributed by atoms with E-state index in [9.17, 15) is 26.3 Å². The lowest BCUT2D eigenvalue weighted by molar-refractivity contribution is 0.352. The maximum absolute atomic E-state index is 13.8. The average Bonchev–Trinajstić information content (AvgIpc) is 2.60. The topological polar surface area (TPSA) is 3.24 Å². The monoisotopic (exact) mass is 369 g/mol. The lowest BCUT2D eigenvalue weighted by Gasteiger charge is -2.26. The van der Waals surface area contributed by atoms with Gasteiger partial charge in [-0.15, -0.1) is 0 Å². The molecule has 0 aliphatic heterocycles. The highest BCUT2D eigenvalue weighted by Gasteiger charge is 2.29. The number of benzene rings is 1. The Hall–Kier alpha value is -1.40. The van der Waals surface area contributed by atoms with Crippen LogP contribution < -0.4 is 4.90 Å². The summed E-state index contributed by atoms with van der Waals surface area (Å²) in [6.07, 6.45) is 4.68. The van der Waals surface area contributed by atoms with Gasteiger partial charge in [-0.05, 0) is 18.3 Å². The van der Waals surface area contributed by atoms with E-state index in [-0.39, 0.29) is 12.5 Å². The Kier molecular flexibility index (Phi) is 8.59. The van der Waals surface area contributed by atoms with Gasteiger partial charge in [-0.3, -0.25) is 0 Å². The van der Waals surface area contributed by atoms with Crippen LogP contribution in [-0.2, 0) is 0 Å². The van der Waals surface area contributed by atoms with Crippen LogP contribution in [0.5, 0.6) is 0 Å². The van der Waals surface area contributed by atoms with Crippen molar-refractivity contribution in [1.82, 2.24) is 0 Å². The Labute approximate surface area is 145 Å². The van der Waals surface area contributed by atoms with Crippen molar-refractivity contribution in [1.29, 1.82) is 0 Å². The first-order valence-electron chi connectivity index (χ1n) is 8.60. The minimum Gasteiger partial charge on any atom is -0.339 e. The van der Waals surface area contributed by atoms with E-state index in [0.717, 1.165) is 25.7 Å². The number of halogens is 6. The van der Waals surface area contributed by atoms with Crippen LogP contribution in [0.15, 0.2) is 0 Å². The molecular weight excluding hydrogens is 344 g/mol. The fourth-order valence-electron chi connectivity index (χ4n) is 3.02. The quantitative estimate of drug-likeness (QED) is 0.201. The van der Waals surface area contributed by atoms with E-state index in [1.54, 1.807) is 6.92 Å². The van der Waals surface area contributed by atoms with E-state index in [1.807, 2.05) is 0 Å². The molecule has 0 saturated carbocycles. The molecule has 0 aliphatic rings. The van der Waals surface area contributed by atoms with Gasteiger partial charge in [0.1, 0.15) is 5.69 Å². The van der Waals surface area contributed by atoms with Crippen LogP contribution in [0.2, 0.25) is 0 Å². The first-order chi connectivity index (χ1) is 11.8. The summed E-state index contributed by atoms with van der Waals surface area (Å²) in [5.41, 5.74) is -1.20. The van der Waals surface area contributed by atoms with E-state index in [1.165, 1.54) is 0 Å². The van der Waals surface area contributed by atoms with Gasteiger partial charge in [0.25, 0.3) is 0 Å². The van der Waals surface area contributed by atoms with Crippen LogP contribution in [0.4, 0.5) is 32.0 Å². The van der Waals surface area contributed by atoms with E-state index < -0.39 is 41.6 Å². The van der Waals surface area contributed by atoms with Crippen molar-refractivity contribution in [3.8, 4) is 0 Å². The molecule has 7 heteroatoms. The fourth-order valence-corrected chi connectivity index (χ4v) is 3.02. The lowest BCUT2D eigenvalue weighted by Crippen LogP contribution is -2.30. The van der Waals surface area contributed by atoms with Crippen LogP contribution in [0, 0.1) is 40.9 Å². The molecule has 144 valence electrons. The standard InChI is InChI=1S/C18H25F6N/c1-4-6-12(5-2)8-7-11(3)9-25(10-19)18-16(23)14(21)13(20)15(22)17(18)24/h11-12H,4-10H2,1-3H3. The second-order valence-electron chi connectivity index (χ2n) is 6.51. The molecule has 1 aromatic rings. The first-order valence-corrected chi connectivity index (χ1v) is 8.60. The first kappa shape index (κ1) is 21.6. The smallest absolute Gasteiger partial charge is 0.200 e. The average molecular weight is 369 g/mol. The van der Waals surface area contributed by atoms with Crippen molar-refractivity contribution < 1.29 is 26.3 Å². The molecule has 0 aliphatic carbocycles. The number of hydrogen-bond donors (Lipinski definition) is 0. The van der Waals surface area contributed by atoms with Crippen molar-refractivity contribution in [2.24, 2.45) is 11.8 Å². The van der Waals surface area contributed by atoms with E-state index in [2.05, 4.69) is 13.8 Å². The summed E-state index contributed by atoms with van der Waals surface area (Å²) in [7, 11) is 0. The molecule has 2 unspecified atom stereocenters. The Morgan fingerprint density at radius 3 is 1.76 bits per heavy atom. The second-order valence-corrected chi connectivity index (χ2v) is 6.51. The molecule has 0 aromatic heterocycles. The SMILES string of the molecule is CCCC(CC)CCC(C)CN(CF)c1c(F)c(F)c(F)c(F)c1F. The molecule has 25 heavy (non-hydrogen) atoms. The minimum absolute atomic E-state index is 0.128. The van der Waals surface area contributed by atoms with Gasteiger partial charge in [-0.1, -0.05) is 46.5 Å². The molecule has 0 saturated heterocycles. The summed E-state index contributed by atoms with van der Waals surface area (Å²) < 4.78 is 80.7. The van der Waals surface area contributed by atoms with Gasteiger partial charge in [-0.25, -0.2) is 26.3 Å². The zero-order chi connectivity index (χ0) is 19.1. The van der Waals surface area contributed by atoms with Crippen LogP contribution in [0.3, 0.4) is 0 Å². The highest BCUT2D eigenvalue weighted by atomic mass is 19.2. The summed E-state index contributed by atoms with van der Waals surface area (Å²) in [5.74, 6) is -10.0. The minimum atomic E-state index is -2.24. The van der Waals surface area contributed by atoms with Crippen LogP contribution in [0.1, 0.15) is 52.9 Å². The van der Waals surface area contributed by atoms with Gasteiger partial charge in [0.05, 0.1) is 0 Å². The molecule has 0 fully saturated rings. The number of rotatable bonds is 10. The third-order valence-corrected chi connectivity index (χ3v) is 4.52. The van der Waals surface area contributed by atoms with Gasteiger partial charge in [0.2, 0.25) is 5.82 Å². The number of alkyl halides is 1. The van der Waals surface area contributed by atoms with Crippen molar-refractivity contribution >= 4 is 5.69 Å². The van der Waals surface area contributed by atoms with Gasteiger partial charge in [-0.2, -0.15) is 0 Å². The van der Waals surface area contributed by atoms with Gasteiger partial charge in [0, 0.05) is 6.54 Å². The largest absolute Gasteiger partial charge is 0.339 e. The summed E-state index contributed by atoms with van der Waals surface area (Å²) in [4.78, 5) is 0.571. The number of anilines is 1. The third-order valence-electron chi connectivity index (χ3n) is 4.52.